The van der Waals surface area contributed by atoms with Crippen molar-refractivity contribution in [1.29, 1.82) is 5.26 Å². The Hall–Kier alpha value is -2.89. The molecule has 7 nitrogen and oxygen atoms in total. The fourth-order valence-corrected chi connectivity index (χ4v) is 4.65. The van der Waals surface area contributed by atoms with Gasteiger partial charge in [-0.1, -0.05) is 11.6 Å². The SMILES string of the molecule is N#Cc1ccc(NC(=O)C2CSCN2C(=O)c2cc(Cl)c3c(c2)OCCCO3)cc1. The van der Waals surface area contributed by atoms with E-state index in [9.17, 15) is 9.59 Å². The summed E-state index contributed by atoms with van der Waals surface area (Å²) < 4.78 is 11.3. The largest absolute Gasteiger partial charge is 0.489 e. The van der Waals surface area contributed by atoms with Gasteiger partial charge in [-0.2, -0.15) is 5.26 Å². The molecule has 0 saturated carbocycles. The molecule has 9 heteroatoms. The van der Waals surface area contributed by atoms with Gasteiger partial charge in [0.05, 0.1) is 35.7 Å². The lowest BCUT2D eigenvalue weighted by Gasteiger charge is -2.23. The number of fused-ring (bicyclic) bond motifs is 1. The molecule has 1 atom stereocenters. The highest BCUT2D eigenvalue weighted by molar-refractivity contribution is 7.99. The van der Waals surface area contributed by atoms with Crippen LogP contribution in [0, 0.1) is 11.3 Å². The first-order valence-electron chi connectivity index (χ1n) is 9.35. The molecular formula is C21H18ClN3O4S. The van der Waals surface area contributed by atoms with Crippen LogP contribution in [0.25, 0.3) is 0 Å². The van der Waals surface area contributed by atoms with Crippen molar-refractivity contribution in [2.45, 2.75) is 12.5 Å². The Morgan fingerprint density at radius 2 is 1.97 bits per heavy atom. The molecule has 154 valence electrons. The highest BCUT2D eigenvalue weighted by Crippen LogP contribution is 2.38. The van der Waals surface area contributed by atoms with E-state index in [1.807, 2.05) is 6.07 Å². The van der Waals surface area contributed by atoms with Gasteiger partial charge >= 0.3 is 0 Å². The summed E-state index contributed by atoms with van der Waals surface area (Å²) in [6.45, 7) is 0.983. The first-order valence-corrected chi connectivity index (χ1v) is 10.9. The number of carbonyl (C=O) groups is 2. The van der Waals surface area contributed by atoms with Gasteiger partial charge in [0.2, 0.25) is 5.91 Å². The van der Waals surface area contributed by atoms with Crippen LogP contribution in [0.1, 0.15) is 22.3 Å². The summed E-state index contributed by atoms with van der Waals surface area (Å²) in [5.41, 5.74) is 1.43. The van der Waals surface area contributed by atoms with Gasteiger partial charge < -0.3 is 19.7 Å². The van der Waals surface area contributed by atoms with Crippen LogP contribution in [0.4, 0.5) is 5.69 Å². The van der Waals surface area contributed by atoms with Crippen LogP contribution in [0.5, 0.6) is 11.5 Å². The predicted molar refractivity (Wildman–Crippen MR) is 114 cm³/mol. The highest BCUT2D eigenvalue weighted by Gasteiger charge is 2.36. The predicted octanol–water partition coefficient (Wildman–Crippen LogP) is 3.53. The molecule has 4 rings (SSSR count). The lowest BCUT2D eigenvalue weighted by molar-refractivity contribution is -0.119. The summed E-state index contributed by atoms with van der Waals surface area (Å²) in [6, 6.07) is 11.2. The lowest BCUT2D eigenvalue weighted by Crippen LogP contribution is -2.44. The number of halogens is 1. The molecule has 0 aliphatic carbocycles. The quantitative estimate of drug-likeness (QED) is 0.780. The molecule has 2 heterocycles. The number of nitriles is 1. The number of hydrogen-bond donors (Lipinski definition) is 1. The average Bonchev–Trinajstić information content (AvgIpc) is 3.12. The van der Waals surface area contributed by atoms with Gasteiger partial charge in [0, 0.05) is 23.4 Å². The maximum atomic E-state index is 13.2. The molecule has 30 heavy (non-hydrogen) atoms. The van der Waals surface area contributed by atoms with Gasteiger partial charge in [-0.05, 0) is 36.4 Å². The number of carbonyl (C=O) groups excluding carboxylic acids is 2. The minimum Gasteiger partial charge on any atom is -0.489 e. The summed E-state index contributed by atoms with van der Waals surface area (Å²) in [5, 5.41) is 12.0. The van der Waals surface area contributed by atoms with Crippen molar-refractivity contribution in [2.24, 2.45) is 0 Å². The maximum absolute atomic E-state index is 13.2. The monoisotopic (exact) mass is 443 g/mol. The average molecular weight is 444 g/mol. The Morgan fingerprint density at radius 3 is 2.73 bits per heavy atom. The van der Waals surface area contributed by atoms with Crippen LogP contribution >= 0.6 is 23.4 Å². The topological polar surface area (TPSA) is 91.7 Å². The van der Waals surface area contributed by atoms with E-state index < -0.39 is 6.04 Å². The Kier molecular flexibility index (Phi) is 6.02. The molecule has 1 saturated heterocycles. The third-order valence-electron chi connectivity index (χ3n) is 4.78. The Bertz CT molecular complexity index is 1020. The second kappa shape index (κ2) is 8.86. The van der Waals surface area contributed by atoms with Crippen molar-refractivity contribution in [3.63, 3.8) is 0 Å². The van der Waals surface area contributed by atoms with Crippen LogP contribution in [0.15, 0.2) is 36.4 Å². The van der Waals surface area contributed by atoms with Crippen LogP contribution < -0.4 is 14.8 Å². The maximum Gasteiger partial charge on any atom is 0.255 e. The first-order chi connectivity index (χ1) is 14.6. The van der Waals surface area contributed by atoms with Crippen molar-refractivity contribution in [1.82, 2.24) is 4.90 Å². The normalized spacial score (nSPS) is 17.7. The number of ether oxygens (including phenoxy) is 2. The molecule has 0 radical (unpaired) electrons. The molecule has 1 N–H and O–H groups in total. The van der Waals surface area contributed by atoms with E-state index in [1.54, 1.807) is 36.4 Å². The molecule has 0 aromatic heterocycles. The summed E-state index contributed by atoms with van der Waals surface area (Å²) in [7, 11) is 0. The van der Waals surface area contributed by atoms with Gasteiger partial charge in [0.1, 0.15) is 6.04 Å². The van der Waals surface area contributed by atoms with E-state index in [1.165, 1.54) is 16.7 Å². The van der Waals surface area contributed by atoms with Crippen molar-refractivity contribution in [3.05, 3.63) is 52.5 Å². The second-order valence-electron chi connectivity index (χ2n) is 6.80. The van der Waals surface area contributed by atoms with Crippen molar-refractivity contribution in [3.8, 4) is 17.6 Å². The number of nitrogens with one attached hydrogen (secondary N) is 1. The summed E-state index contributed by atoms with van der Waals surface area (Å²) in [6.07, 6.45) is 0.731. The van der Waals surface area contributed by atoms with Gasteiger partial charge in [0.15, 0.2) is 11.5 Å². The van der Waals surface area contributed by atoms with E-state index in [0.717, 1.165) is 6.42 Å². The van der Waals surface area contributed by atoms with E-state index in [2.05, 4.69) is 5.32 Å². The van der Waals surface area contributed by atoms with Gasteiger partial charge in [0.25, 0.3) is 5.91 Å². The standard InChI is InChI=1S/C21H18ClN3O4S/c22-16-8-14(9-18-19(16)29-7-1-6-28-18)21(27)25-12-30-11-17(25)20(26)24-15-4-2-13(10-23)3-5-15/h2-5,8-9,17H,1,6-7,11-12H2,(H,24,26). The third kappa shape index (κ3) is 4.18. The fraction of sp³-hybridized carbons (Fsp3) is 0.286. The summed E-state index contributed by atoms with van der Waals surface area (Å²) in [5.74, 6) is 1.20. The van der Waals surface area contributed by atoms with Gasteiger partial charge in [-0.3, -0.25) is 9.59 Å². The summed E-state index contributed by atoms with van der Waals surface area (Å²) in [4.78, 5) is 27.5. The van der Waals surface area contributed by atoms with Crippen LogP contribution in [0.3, 0.4) is 0 Å². The van der Waals surface area contributed by atoms with Crippen LogP contribution in [-0.4, -0.2) is 47.6 Å². The fourth-order valence-electron chi connectivity index (χ4n) is 3.23. The molecule has 2 amide bonds. The van der Waals surface area contributed by atoms with Gasteiger partial charge in [-0.25, -0.2) is 0 Å². The van der Waals surface area contributed by atoms with Crippen molar-refractivity contribution < 1.29 is 19.1 Å². The zero-order chi connectivity index (χ0) is 21.1. The number of thioether (sulfide) groups is 1. The third-order valence-corrected chi connectivity index (χ3v) is 6.07. The van der Waals surface area contributed by atoms with Crippen molar-refractivity contribution in [2.75, 3.05) is 30.2 Å². The molecule has 2 aromatic rings. The number of nitrogens with zero attached hydrogens (tertiary/aromatic N) is 2. The minimum atomic E-state index is -0.618. The molecule has 2 aliphatic rings. The van der Waals surface area contributed by atoms with Crippen LogP contribution in [0.2, 0.25) is 5.02 Å². The van der Waals surface area contributed by atoms with E-state index >= 15 is 0 Å². The van der Waals surface area contributed by atoms with E-state index in [-0.39, 0.29) is 11.8 Å². The Morgan fingerprint density at radius 1 is 1.20 bits per heavy atom. The smallest absolute Gasteiger partial charge is 0.255 e. The Labute approximate surface area is 182 Å². The zero-order valence-corrected chi connectivity index (χ0v) is 17.5. The zero-order valence-electron chi connectivity index (χ0n) is 15.9. The number of hydrogen-bond acceptors (Lipinski definition) is 6. The van der Waals surface area contributed by atoms with Gasteiger partial charge in [-0.15, -0.1) is 11.8 Å². The molecule has 1 fully saturated rings. The lowest BCUT2D eigenvalue weighted by atomic mass is 10.1. The molecule has 1 unspecified atom stereocenters. The number of benzene rings is 2. The summed E-state index contributed by atoms with van der Waals surface area (Å²) >= 11 is 7.83. The number of rotatable bonds is 3. The van der Waals surface area contributed by atoms with Crippen LogP contribution in [-0.2, 0) is 4.79 Å². The minimum absolute atomic E-state index is 0.279. The molecule has 2 aliphatic heterocycles. The number of anilines is 1. The van der Waals surface area contributed by atoms with E-state index in [4.69, 9.17) is 26.3 Å². The molecule has 0 bridgehead atoms. The van der Waals surface area contributed by atoms with Crippen molar-refractivity contribution >= 4 is 40.9 Å². The molecule has 0 spiro atoms. The number of amides is 2. The second-order valence-corrected chi connectivity index (χ2v) is 8.21. The first kappa shape index (κ1) is 20.4. The highest BCUT2D eigenvalue weighted by atomic mass is 35.5. The molecular weight excluding hydrogens is 426 g/mol. The Balaban J connectivity index is 1.52. The molecule has 2 aromatic carbocycles. The van der Waals surface area contributed by atoms with E-state index in [0.29, 0.717) is 58.2 Å².